The molecule has 6 aromatic rings. The average Bonchev–Trinajstić information content (AvgIpc) is 4.29. The molecule has 17 nitrogen and oxygen atoms in total. The molecule has 1 amide bonds. The van der Waals surface area contributed by atoms with E-state index in [0.717, 1.165) is 106 Å². The third-order valence-electron chi connectivity index (χ3n) is 17.3. The number of piperazine rings is 1. The Kier molecular flexibility index (Phi) is 13.3. The van der Waals surface area contributed by atoms with E-state index in [0.29, 0.717) is 52.6 Å². The minimum absolute atomic E-state index is 0.0926. The van der Waals surface area contributed by atoms with Crippen LogP contribution in [0, 0.1) is 11.7 Å². The Morgan fingerprint density at radius 1 is 0.829 bits per heavy atom. The lowest BCUT2D eigenvalue weighted by Crippen LogP contribution is -2.54. The third-order valence-corrected chi connectivity index (χ3v) is 17.3. The minimum atomic E-state index is -1.03. The molecule has 0 spiro atoms. The first-order chi connectivity index (χ1) is 36.9. The van der Waals surface area contributed by atoms with Crippen LogP contribution >= 0.6 is 0 Å². The number of aliphatic hydroxyl groups excluding tert-OH is 1. The van der Waals surface area contributed by atoms with Crippen molar-refractivity contribution in [2.45, 2.75) is 132 Å². The number of halogens is 1. The molecule has 18 heteroatoms. The third kappa shape index (κ3) is 9.47. The van der Waals surface area contributed by atoms with Gasteiger partial charge in [-0.25, -0.2) is 14.4 Å². The van der Waals surface area contributed by atoms with Crippen molar-refractivity contribution in [1.82, 2.24) is 40.4 Å². The summed E-state index contributed by atoms with van der Waals surface area (Å²) in [6, 6.07) is 25.7. The number of β-amino-alcohol motifs (C(OH)–C–C–N with tert-alkyl or cyclic N) is 1. The van der Waals surface area contributed by atoms with Gasteiger partial charge in [0, 0.05) is 92.2 Å². The second-order valence-electron chi connectivity index (χ2n) is 22.4. The zero-order valence-electron chi connectivity index (χ0n) is 43.4. The molecule has 4 saturated heterocycles. The fraction of sp³-hybridized carbons (Fsp3) is 0.466. The van der Waals surface area contributed by atoms with Crippen LogP contribution in [0.15, 0.2) is 107 Å². The van der Waals surface area contributed by atoms with Gasteiger partial charge in [-0.15, -0.1) is 10.2 Å². The molecule has 396 valence electrons. The van der Waals surface area contributed by atoms with Gasteiger partial charge in [0.25, 0.3) is 0 Å². The first kappa shape index (κ1) is 49.7. The van der Waals surface area contributed by atoms with Crippen LogP contribution in [0.25, 0.3) is 22.4 Å². The van der Waals surface area contributed by atoms with E-state index in [-0.39, 0.29) is 47.9 Å². The Morgan fingerprint density at radius 3 is 2.21 bits per heavy atom. The largest absolute Gasteiger partial charge is 0.507 e. The molecule has 3 aromatic carbocycles. The number of benzene rings is 3. The molecule has 8 heterocycles. The number of likely N-dealkylation sites (tertiary alicyclic amines) is 2. The van der Waals surface area contributed by atoms with Crippen LogP contribution in [0.5, 0.6) is 5.75 Å². The number of rotatable bonds is 12. The van der Waals surface area contributed by atoms with Crippen LogP contribution in [0.3, 0.4) is 0 Å². The number of aromatic hydroxyl groups is 1. The number of oxime groups is 1. The maximum Gasteiger partial charge on any atom is 0.234 e. The summed E-state index contributed by atoms with van der Waals surface area (Å²) in [5, 5.41) is 42.4. The molecule has 2 bridgehead atoms. The van der Waals surface area contributed by atoms with Gasteiger partial charge in [-0.1, -0.05) is 78.8 Å². The van der Waals surface area contributed by atoms with E-state index in [9.17, 15) is 19.4 Å². The summed E-state index contributed by atoms with van der Waals surface area (Å²) >= 11 is 0. The maximum atomic E-state index is 14.6. The molecule has 6 atom stereocenters. The fourth-order valence-electron chi connectivity index (χ4n) is 13.1. The second kappa shape index (κ2) is 20.4. The van der Waals surface area contributed by atoms with Gasteiger partial charge in [-0.3, -0.25) is 4.79 Å². The molecule has 3 aromatic heterocycles. The molecule has 0 radical (unpaired) electrons. The van der Waals surface area contributed by atoms with Crippen molar-refractivity contribution in [3.63, 3.8) is 0 Å². The Labute approximate surface area is 442 Å². The quantitative estimate of drug-likeness (QED) is 0.0910. The van der Waals surface area contributed by atoms with Gasteiger partial charge in [0.15, 0.2) is 11.7 Å². The van der Waals surface area contributed by atoms with E-state index < -0.39 is 23.8 Å². The van der Waals surface area contributed by atoms with Crippen molar-refractivity contribution in [3.05, 3.63) is 126 Å². The van der Waals surface area contributed by atoms with Crippen molar-refractivity contribution < 1.29 is 28.8 Å². The SMILES string of the molecule is CC(C)[C@@H](C(=O)N1C[C@H](O)C[C@H]1C1=NO[C@](C)(c2ccc(-c3ccccc3F)cc2)N1)c1cc([C@H]2CC[C@@H](N3CCC(c4cnc(N5C6CCC5CN(c5cc(-c7ccccc7O)nnc5N)C6)nc4)CC3)CC2)no1. The molecule has 6 aliphatic rings. The first-order valence-electron chi connectivity index (χ1n) is 27.2. The molecular formula is C58H67FN12O5. The number of carbonyl (C=O) groups excluding carboxylic acids is 1. The average molecular weight is 1030 g/mol. The standard InChI is InChI=1S/C58H67FN12O5/c1-34(2)53(56(74)70-33-43(72)26-50(70)55-63-58(3,76-67-55)39-16-12-36(13-17-39)44-8-4-6-10-46(44)59)52-28-47(66-75-52)37-14-18-40(19-15-37)68-24-22-35(23-25-68)38-29-61-57(62-30-38)71-41-20-21-42(71)32-69(31-41)49-27-48(64-65-54(49)60)45-9-5-7-11-51(45)73/h4-13,16-17,27-30,34-35,37,40-43,50,53,72-73H,14-15,18-26,31-33H2,1-3H3,(H2,60,65)(H,63,67)/t37-,40+,41?,42?,43-,50+,53-,58-/m1/s1. The summed E-state index contributed by atoms with van der Waals surface area (Å²) in [5.41, 5.74) is 11.6. The lowest BCUT2D eigenvalue weighted by Gasteiger charge is -2.42. The second-order valence-corrected chi connectivity index (χ2v) is 22.4. The number of phenols is 1. The topological polar surface area (TPSA) is 208 Å². The molecule has 5 N–H and O–H groups in total. The highest BCUT2D eigenvalue weighted by atomic mass is 19.1. The highest BCUT2D eigenvalue weighted by molar-refractivity contribution is 5.94. The number of aromatic nitrogens is 5. The molecule has 1 saturated carbocycles. The number of nitrogens with two attached hydrogens (primary N) is 1. The van der Waals surface area contributed by atoms with Crippen LogP contribution in [-0.4, -0.2) is 120 Å². The summed E-state index contributed by atoms with van der Waals surface area (Å²) in [6.07, 6.45) is 12.1. The number of anilines is 3. The van der Waals surface area contributed by atoms with Crippen molar-refractivity contribution in [1.29, 1.82) is 0 Å². The van der Waals surface area contributed by atoms with Gasteiger partial charge in [0.1, 0.15) is 23.2 Å². The number of phenolic OH excluding ortho intramolecular Hbond substituents is 1. The fourth-order valence-corrected chi connectivity index (χ4v) is 13.1. The Bertz CT molecular complexity index is 3070. The number of hydrogen-bond donors (Lipinski definition) is 4. The lowest BCUT2D eigenvalue weighted by molar-refractivity contribution is -0.134. The summed E-state index contributed by atoms with van der Waals surface area (Å²) in [5.74, 6) is 1.92. The van der Waals surface area contributed by atoms with Gasteiger partial charge < -0.3 is 50.2 Å². The number of piperidine rings is 1. The monoisotopic (exact) mass is 1030 g/mol. The van der Waals surface area contributed by atoms with E-state index in [2.05, 4.69) is 52.9 Å². The number of fused-ring (bicyclic) bond motifs is 2. The number of nitrogens with one attached hydrogen (secondary N) is 1. The summed E-state index contributed by atoms with van der Waals surface area (Å²) in [6.45, 7) is 9.70. The summed E-state index contributed by atoms with van der Waals surface area (Å²) < 4.78 is 20.6. The van der Waals surface area contributed by atoms with E-state index in [1.54, 1.807) is 29.2 Å². The zero-order valence-corrected chi connectivity index (χ0v) is 43.4. The number of amidine groups is 1. The van der Waals surface area contributed by atoms with Gasteiger partial charge in [0.05, 0.1) is 29.2 Å². The Hall–Kier alpha value is -7.18. The minimum Gasteiger partial charge on any atom is -0.507 e. The van der Waals surface area contributed by atoms with Crippen molar-refractivity contribution >= 4 is 29.2 Å². The Morgan fingerprint density at radius 2 is 1.51 bits per heavy atom. The van der Waals surface area contributed by atoms with Crippen LogP contribution in [0.2, 0.25) is 0 Å². The molecule has 76 heavy (non-hydrogen) atoms. The number of nitrogens with zero attached hydrogens (tertiary/aromatic N) is 10. The number of hydrogen-bond acceptors (Lipinski definition) is 16. The van der Waals surface area contributed by atoms with E-state index >= 15 is 0 Å². The van der Waals surface area contributed by atoms with Crippen molar-refractivity contribution in [2.24, 2.45) is 11.1 Å². The van der Waals surface area contributed by atoms with Crippen molar-refractivity contribution in [2.75, 3.05) is 48.3 Å². The number of aliphatic hydroxyl groups is 1. The van der Waals surface area contributed by atoms with Gasteiger partial charge in [-0.05, 0) is 112 Å². The van der Waals surface area contributed by atoms with E-state index in [4.69, 9.17) is 25.1 Å². The van der Waals surface area contributed by atoms with Crippen LogP contribution in [0.1, 0.15) is 119 Å². The molecule has 1 aliphatic carbocycles. The highest BCUT2D eigenvalue weighted by Gasteiger charge is 2.47. The number of amides is 1. The smallest absolute Gasteiger partial charge is 0.234 e. The first-order valence-corrected chi connectivity index (χ1v) is 27.2. The molecule has 12 rings (SSSR count). The number of nitrogen functional groups attached to an aromatic ring is 1. The number of para-hydroxylation sites is 1. The summed E-state index contributed by atoms with van der Waals surface area (Å²) in [7, 11) is 0. The van der Waals surface area contributed by atoms with Gasteiger partial charge in [-0.2, -0.15) is 0 Å². The molecule has 5 fully saturated rings. The molecular weight excluding hydrogens is 964 g/mol. The van der Waals surface area contributed by atoms with Gasteiger partial charge >= 0.3 is 0 Å². The lowest BCUT2D eigenvalue weighted by atomic mass is 9.81. The normalized spacial score (nSPS) is 26.4. The molecule has 5 aliphatic heterocycles. The highest BCUT2D eigenvalue weighted by Crippen LogP contribution is 2.42. The summed E-state index contributed by atoms with van der Waals surface area (Å²) in [4.78, 5) is 39.7. The van der Waals surface area contributed by atoms with Crippen molar-refractivity contribution in [3.8, 4) is 28.1 Å². The van der Waals surface area contributed by atoms with Crippen LogP contribution in [-0.2, 0) is 15.4 Å². The van der Waals surface area contributed by atoms with Crippen LogP contribution < -0.4 is 20.9 Å². The zero-order chi connectivity index (χ0) is 52.2. The predicted octanol–water partition coefficient (Wildman–Crippen LogP) is 8.29. The number of carbonyl (C=O) groups is 1. The predicted molar refractivity (Wildman–Crippen MR) is 287 cm³/mol. The maximum absolute atomic E-state index is 14.6. The van der Waals surface area contributed by atoms with E-state index in [1.807, 2.05) is 75.4 Å². The molecule has 2 unspecified atom stereocenters. The Balaban J connectivity index is 0.625. The van der Waals surface area contributed by atoms with Crippen LogP contribution in [0.4, 0.5) is 21.8 Å². The van der Waals surface area contributed by atoms with Gasteiger partial charge in [0.2, 0.25) is 17.6 Å². The van der Waals surface area contributed by atoms with E-state index in [1.165, 1.54) is 11.6 Å².